The molecular weight excluding hydrogens is 865 g/mol. The third kappa shape index (κ3) is 14.9. The Bertz CT molecular complexity index is 1620. The molecule has 5 rings (SSSR count). The zero-order valence-electron chi connectivity index (χ0n) is 43.1. The average molecular weight is 957 g/mol. The van der Waals surface area contributed by atoms with E-state index in [2.05, 4.69) is 32.6 Å². The van der Waals surface area contributed by atoms with Crippen molar-refractivity contribution in [1.29, 1.82) is 0 Å². The Morgan fingerprint density at radius 3 is 2.07 bits per heavy atom. The Labute approximate surface area is 409 Å². The summed E-state index contributed by atoms with van der Waals surface area (Å²) < 4.78 is 29.8. The highest BCUT2D eigenvalue weighted by atomic mass is 16.6. The van der Waals surface area contributed by atoms with Gasteiger partial charge in [-0.15, -0.1) is 0 Å². The zero-order chi connectivity index (χ0) is 49.0. The summed E-state index contributed by atoms with van der Waals surface area (Å²) in [5.41, 5.74) is -1.42. The first-order valence-corrected chi connectivity index (χ1v) is 27.5. The lowest BCUT2D eigenvalue weighted by atomic mass is 9.45. The predicted octanol–water partition coefficient (Wildman–Crippen LogP) is 9.28. The van der Waals surface area contributed by atoms with E-state index in [1.807, 2.05) is 17.9 Å². The molecule has 7 unspecified atom stereocenters. The third-order valence-electron chi connectivity index (χ3n) is 16.6. The molecule has 0 aromatic heterocycles. The largest absolute Gasteiger partial charge is 0.458 e. The second-order valence-corrected chi connectivity index (χ2v) is 21.1. The normalized spacial score (nSPS) is 27.0. The van der Waals surface area contributed by atoms with Gasteiger partial charge in [0.05, 0.1) is 31.3 Å². The first-order chi connectivity index (χ1) is 32.8. The van der Waals surface area contributed by atoms with Crippen molar-refractivity contribution in [3.8, 4) is 0 Å². The number of fused-ring (bicyclic) bond motifs is 2. The smallest absolute Gasteiger partial charge is 0.306 e. The van der Waals surface area contributed by atoms with Gasteiger partial charge < -0.3 is 38.6 Å². The van der Waals surface area contributed by atoms with Crippen LogP contribution in [0.1, 0.15) is 195 Å². The fourth-order valence-corrected chi connectivity index (χ4v) is 12.6. The highest BCUT2D eigenvalue weighted by Crippen LogP contribution is 2.71. The number of aliphatic hydroxyl groups is 1. The fourth-order valence-electron chi connectivity index (χ4n) is 12.6. The van der Waals surface area contributed by atoms with Crippen molar-refractivity contribution in [2.24, 2.45) is 23.2 Å². The predicted molar refractivity (Wildman–Crippen MR) is 263 cm³/mol. The molecule has 0 bridgehead atoms. The molecule has 1 N–H and O–H groups in total. The highest BCUT2D eigenvalue weighted by Gasteiger charge is 2.73. The Hall–Kier alpha value is -2.71. The molecule has 1 spiro atoms. The van der Waals surface area contributed by atoms with Gasteiger partial charge in [0.15, 0.2) is 12.4 Å². The van der Waals surface area contributed by atoms with Gasteiger partial charge in [-0.05, 0) is 114 Å². The van der Waals surface area contributed by atoms with Crippen LogP contribution in [0.25, 0.3) is 0 Å². The van der Waals surface area contributed by atoms with Gasteiger partial charge in [-0.3, -0.25) is 24.0 Å². The molecule has 5 aliphatic rings. The topological polar surface area (TPSA) is 158 Å². The van der Waals surface area contributed by atoms with Crippen LogP contribution in [0, 0.1) is 23.2 Å². The molecule has 0 radical (unpaired) electrons. The molecular formula is C55H92N2O11. The Kier molecular flexibility index (Phi) is 23.4. The second-order valence-electron chi connectivity index (χ2n) is 21.1. The minimum Gasteiger partial charge on any atom is -0.458 e. The number of esters is 2. The quantitative estimate of drug-likeness (QED) is 0.0470. The fraction of sp³-hybridized carbons (Fsp3) is 0.873. The number of ketones is 2. The van der Waals surface area contributed by atoms with Crippen LogP contribution in [0.5, 0.6) is 0 Å². The average Bonchev–Trinajstić information content (AvgIpc) is 3.60. The van der Waals surface area contributed by atoms with E-state index in [-0.39, 0.29) is 61.8 Å². The highest BCUT2D eigenvalue weighted by molar-refractivity contribution is 5.92. The van der Waals surface area contributed by atoms with Crippen molar-refractivity contribution in [3.63, 3.8) is 0 Å². The number of hydrogen-bond donors (Lipinski definition) is 1. The summed E-state index contributed by atoms with van der Waals surface area (Å²) in [6, 6.07) is 0. The Morgan fingerprint density at radius 1 is 0.750 bits per heavy atom. The van der Waals surface area contributed by atoms with Gasteiger partial charge in [0.2, 0.25) is 11.7 Å². The molecule has 1 amide bonds. The van der Waals surface area contributed by atoms with Gasteiger partial charge in [-0.2, -0.15) is 0 Å². The molecule has 388 valence electrons. The van der Waals surface area contributed by atoms with Crippen molar-refractivity contribution in [2.45, 2.75) is 219 Å². The number of Topliss-reactive ketones (excluding diaryl/α,β-unsaturated/α-hetero) is 1. The maximum absolute atomic E-state index is 13.8. The van der Waals surface area contributed by atoms with Gasteiger partial charge >= 0.3 is 11.9 Å². The van der Waals surface area contributed by atoms with E-state index in [0.29, 0.717) is 63.8 Å². The van der Waals surface area contributed by atoms with E-state index in [1.165, 1.54) is 38.5 Å². The van der Waals surface area contributed by atoms with E-state index in [1.54, 1.807) is 0 Å². The summed E-state index contributed by atoms with van der Waals surface area (Å²) in [5.74, 6) is -0.311. The van der Waals surface area contributed by atoms with Crippen LogP contribution in [0.2, 0.25) is 0 Å². The van der Waals surface area contributed by atoms with Crippen LogP contribution in [0.15, 0.2) is 11.6 Å². The van der Waals surface area contributed by atoms with Crippen molar-refractivity contribution >= 4 is 29.4 Å². The monoisotopic (exact) mass is 957 g/mol. The van der Waals surface area contributed by atoms with Crippen LogP contribution >= 0.6 is 0 Å². The zero-order valence-corrected chi connectivity index (χ0v) is 43.1. The van der Waals surface area contributed by atoms with Gasteiger partial charge in [-0.1, -0.05) is 98.8 Å². The molecule has 1 saturated heterocycles. The van der Waals surface area contributed by atoms with E-state index in [9.17, 15) is 29.1 Å². The lowest BCUT2D eigenvalue weighted by Crippen LogP contribution is -2.72. The van der Waals surface area contributed by atoms with Crippen LogP contribution in [0.4, 0.5) is 0 Å². The molecule has 7 atom stereocenters. The van der Waals surface area contributed by atoms with E-state index in [0.717, 1.165) is 102 Å². The van der Waals surface area contributed by atoms with Crippen LogP contribution in [0.3, 0.4) is 0 Å². The summed E-state index contributed by atoms with van der Waals surface area (Å²) in [6.07, 6.45) is 21.4. The first-order valence-electron chi connectivity index (χ1n) is 27.5. The van der Waals surface area contributed by atoms with E-state index < -0.39 is 41.4 Å². The van der Waals surface area contributed by atoms with Gasteiger partial charge in [0.1, 0.15) is 11.7 Å². The van der Waals surface area contributed by atoms with E-state index >= 15 is 0 Å². The minimum absolute atomic E-state index is 0.00304. The number of hydrogen-bond acceptors (Lipinski definition) is 12. The Morgan fingerprint density at radius 2 is 1.40 bits per heavy atom. The van der Waals surface area contributed by atoms with Crippen LogP contribution in [-0.4, -0.2) is 133 Å². The van der Waals surface area contributed by atoms with Gasteiger partial charge in [0, 0.05) is 56.9 Å². The lowest BCUT2D eigenvalue weighted by Gasteiger charge is -2.69. The summed E-state index contributed by atoms with van der Waals surface area (Å²) in [4.78, 5) is 69.8. The maximum Gasteiger partial charge on any atom is 0.306 e. The molecule has 13 nitrogen and oxygen atoms in total. The molecule has 68 heavy (non-hydrogen) atoms. The van der Waals surface area contributed by atoms with Gasteiger partial charge in [-0.25, -0.2) is 0 Å². The standard InChI is InChI=1S/C55H92N2O11/c1-6-10-12-16-20-35-64-39-44(40-65-36-21-17-13-11-7-2)67-51(62)27-26-49(60)57(34-22-32-56(8-3)9-4)33-19-15-14-18-23-50(61)66-41-48(59)55(63)31-29-46-45-25-24-42-37-43(58)28-30-54(42)52(45)47(68-54)38-53(46,55)5/h37,44-47,52,63H,6-36,38-41H2,1-5H3. The van der Waals surface area contributed by atoms with Crippen molar-refractivity contribution < 1.29 is 52.8 Å². The molecule has 1 heterocycles. The molecule has 0 aromatic carbocycles. The number of carbonyl (C=O) groups excluding carboxylic acids is 5. The van der Waals surface area contributed by atoms with Crippen molar-refractivity contribution in [3.05, 3.63) is 11.6 Å². The molecule has 1 aliphatic heterocycles. The number of ether oxygens (including phenoxy) is 5. The number of amides is 1. The number of carbonyl (C=O) groups is 5. The van der Waals surface area contributed by atoms with Crippen LogP contribution < -0.4 is 0 Å². The first kappa shape index (κ1) is 56.2. The summed E-state index contributed by atoms with van der Waals surface area (Å²) in [5, 5.41) is 12.1. The van der Waals surface area contributed by atoms with Crippen molar-refractivity contribution in [1.82, 2.24) is 9.80 Å². The van der Waals surface area contributed by atoms with Crippen LogP contribution in [-0.2, 0) is 47.7 Å². The number of unbranched alkanes of at least 4 members (excludes halogenated alkanes) is 11. The molecule has 13 heteroatoms. The summed E-state index contributed by atoms with van der Waals surface area (Å²) >= 11 is 0. The molecule has 3 saturated carbocycles. The Balaban J connectivity index is 1.01. The molecule has 4 aliphatic carbocycles. The minimum atomic E-state index is -1.57. The summed E-state index contributed by atoms with van der Waals surface area (Å²) in [7, 11) is 0. The number of nitrogens with zero attached hydrogens (tertiary/aromatic N) is 2. The summed E-state index contributed by atoms with van der Waals surface area (Å²) in [6.45, 7) is 16.0. The second kappa shape index (κ2) is 28.4. The SMILES string of the molecule is CCCCCCCOCC(COCCCCCCC)OC(=O)CCC(=O)N(CCCCCCC(=O)OCC(=O)C1(O)CCC2C3CCC4=CC(=O)CCC45OC(CC21C)C35)CCCN(CC)CC. The lowest BCUT2D eigenvalue weighted by molar-refractivity contribution is -0.317. The number of rotatable bonds is 36. The third-order valence-corrected chi connectivity index (χ3v) is 16.6. The van der Waals surface area contributed by atoms with Crippen molar-refractivity contribution in [2.75, 3.05) is 65.8 Å². The molecule has 0 aromatic rings. The maximum atomic E-state index is 13.8. The van der Waals surface area contributed by atoms with Gasteiger partial charge in [0.25, 0.3) is 0 Å². The van der Waals surface area contributed by atoms with E-state index in [4.69, 9.17) is 23.7 Å². The molecule has 4 fully saturated rings.